The number of aryl methyl sites for hydroxylation is 2. The van der Waals surface area contributed by atoms with Gasteiger partial charge in [-0.05, 0) is 32.6 Å². The molecule has 0 spiro atoms. The minimum Gasteiger partial charge on any atom is -0.393 e. The molecule has 1 aromatic rings. The zero-order valence-corrected chi connectivity index (χ0v) is 10.4. The third-order valence-corrected chi connectivity index (χ3v) is 3.34. The Balaban J connectivity index is 2.00. The Morgan fingerprint density at radius 1 is 1.53 bits per heavy atom. The van der Waals surface area contributed by atoms with Crippen LogP contribution in [0.3, 0.4) is 0 Å². The largest absolute Gasteiger partial charge is 0.393 e. The minimum absolute atomic E-state index is 0.0531. The Hall–Kier alpha value is -1.36. The molecule has 0 unspecified atom stereocenters. The molecule has 1 saturated carbocycles. The molecule has 17 heavy (non-hydrogen) atoms. The summed E-state index contributed by atoms with van der Waals surface area (Å²) >= 11 is 0. The van der Waals surface area contributed by atoms with E-state index >= 15 is 0 Å². The van der Waals surface area contributed by atoms with Crippen molar-refractivity contribution in [2.75, 3.05) is 13.6 Å². The molecule has 94 valence electrons. The Morgan fingerprint density at radius 2 is 2.18 bits per heavy atom. The van der Waals surface area contributed by atoms with E-state index in [2.05, 4.69) is 5.16 Å². The van der Waals surface area contributed by atoms with Gasteiger partial charge in [-0.25, -0.2) is 0 Å². The summed E-state index contributed by atoms with van der Waals surface area (Å²) in [4.78, 5) is 13.9. The Labute approximate surface area is 100 Å². The summed E-state index contributed by atoms with van der Waals surface area (Å²) in [5.74, 6) is 0.926. The van der Waals surface area contributed by atoms with Crippen LogP contribution in [0.1, 0.15) is 34.7 Å². The fourth-order valence-electron chi connectivity index (χ4n) is 2.30. The summed E-state index contributed by atoms with van der Waals surface area (Å²) in [6.45, 7) is 4.19. The first-order valence-corrected chi connectivity index (χ1v) is 5.85. The Morgan fingerprint density at radius 3 is 2.65 bits per heavy atom. The maximum absolute atomic E-state index is 12.2. The van der Waals surface area contributed by atoms with Crippen molar-refractivity contribution in [2.24, 2.45) is 5.92 Å². The highest BCUT2D eigenvalue weighted by Crippen LogP contribution is 2.28. The zero-order valence-electron chi connectivity index (χ0n) is 10.4. The molecule has 1 amide bonds. The van der Waals surface area contributed by atoms with Gasteiger partial charge in [-0.1, -0.05) is 5.16 Å². The van der Waals surface area contributed by atoms with Crippen LogP contribution < -0.4 is 0 Å². The fraction of sp³-hybridized carbons (Fsp3) is 0.667. The second-order valence-corrected chi connectivity index (χ2v) is 4.88. The van der Waals surface area contributed by atoms with E-state index in [0.29, 0.717) is 29.5 Å². The monoisotopic (exact) mass is 238 g/mol. The van der Waals surface area contributed by atoms with Gasteiger partial charge in [0.15, 0.2) is 0 Å². The van der Waals surface area contributed by atoms with Gasteiger partial charge in [-0.15, -0.1) is 0 Å². The highest BCUT2D eigenvalue weighted by atomic mass is 16.5. The van der Waals surface area contributed by atoms with Crippen LogP contribution in [-0.4, -0.2) is 40.8 Å². The van der Waals surface area contributed by atoms with Crippen molar-refractivity contribution >= 4 is 5.91 Å². The summed E-state index contributed by atoms with van der Waals surface area (Å²) < 4.78 is 4.99. The van der Waals surface area contributed by atoms with E-state index in [1.165, 1.54) is 0 Å². The number of amides is 1. The van der Waals surface area contributed by atoms with Gasteiger partial charge in [0.2, 0.25) is 0 Å². The number of hydrogen-bond acceptors (Lipinski definition) is 4. The van der Waals surface area contributed by atoms with E-state index in [-0.39, 0.29) is 12.0 Å². The van der Waals surface area contributed by atoms with Crippen LogP contribution in [-0.2, 0) is 0 Å². The predicted molar refractivity (Wildman–Crippen MR) is 61.7 cm³/mol. The van der Waals surface area contributed by atoms with Crippen molar-refractivity contribution in [1.82, 2.24) is 10.1 Å². The number of nitrogens with zero attached hydrogens (tertiary/aromatic N) is 2. The zero-order chi connectivity index (χ0) is 12.6. The smallest absolute Gasteiger partial charge is 0.259 e. The number of carbonyl (C=O) groups is 1. The number of aliphatic hydroxyl groups is 1. The first kappa shape index (κ1) is 12.1. The van der Waals surface area contributed by atoms with Crippen LogP contribution in [0, 0.1) is 19.8 Å². The van der Waals surface area contributed by atoms with Crippen LogP contribution >= 0.6 is 0 Å². The van der Waals surface area contributed by atoms with Crippen molar-refractivity contribution in [1.29, 1.82) is 0 Å². The molecule has 0 bridgehead atoms. The lowest BCUT2D eigenvalue weighted by Gasteiger charge is -2.34. The van der Waals surface area contributed by atoms with Crippen molar-refractivity contribution in [3.63, 3.8) is 0 Å². The fourth-order valence-corrected chi connectivity index (χ4v) is 2.30. The summed E-state index contributed by atoms with van der Waals surface area (Å²) in [6.07, 6.45) is 1.40. The van der Waals surface area contributed by atoms with Gasteiger partial charge in [-0.3, -0.25) is 4.79 Å². The number of carbonyl (C=O) groups excluding carboxylic acids is 1. The number of rotatable bonds is 3. The van der Waals surface area contributed by atoms with E-state index in [0.717, 1.165) is 12.8 Å². The molecule has 1 aliphatic rings. The van der Waals surface area contributed by atoms with Gasteiger partial charge < -0.3 is 14.5 Å². The molecule has 1 aromatic heterocycles. The molecule has 5 heteroatoms. The highest BCUT2D eigenvalue weighted by Gasteiger charge is 2.30. The molecular formula is C12H18N2O3. The van der Waals surface area contributed by atoms with E-state index < -0.39 is 0 Å². The number of aliphatic hydroxyl groups excluding tert-OH is 1. The molecule has 0 aliphatic heterocycles. The average molecular weight is 238 g/mol. The predicted octanol–water partition coefficient (Wildman–Crippen LogP) is 1.13. The second kappa shape index (κ2) is 4.49. The molecule has 0 atom stereocenters. The van der Waals surface area contributed by atoms with Gasteiger partial charge in [-0.2, -0.15) is 0 Å². The lowest BCUT2D eigenvalue weighted by atomic mass is 9.82. The second-order valence-electron chi connectivity index (χ2n) is 4.88. The van der Waals surface area contributed by atoms with Crippen LogP contribution in [0.25, 0.3) is 0 Å². The van der Waals surface area contributed by atoms with E-state index in [4.69, 9.17) is 4.52 Å². The molecule has 1 N–H and O–H groups in total. The maximum Gasteiger partial charge on any atom is 0.259 e. The van der Waals surface area contributed by atoms with Crippen molar-refractivity contribution in [3.05, 3.63) is 17.0 Å². The normalized spacial score (nSPS) is 23.3. The highest BCUT2D eigenvalue weighted by molar-refractivity contribution is 5.95. The lowest BCUT2D eigenvalue weighted by molar-refractivity contribution is 0.0264. The summed E-state index contributed by atoms with van der Waals surface area (Å²) in [6, 6.07) is 0. The first-order valence-electron chi connectivity index (χ1n) is 5.85. The van der Waals surface area contributed by atoms with E-state index in [1.54, 1.807) is 25.8 Å². The van der Waals surface area contributed by atoms with Crippen LogP contribution in [0.2, 0.25) is 0 Å². The SMILES string of the molecule is Cc1noc(C)c1C(=O)N(C)CC1CC(O)C1. The topological polar surface area (TPSA) is 66.6 Å². The quantitative estimate of drug-likeness (QED) is 0.857. The third-order valence-electron chi connectivity index (χ3n) is 3.34. The Kier molecular flexibility index (Phi) is 3.19. The molecule has 0 saturated heterocycles. The molecule has 1 aliphatic carbocycles. The Bertz CT molecular complexity index is 402. The molecule has 1 heterocycles. The summed E-state index contributed by atoms with van der Waals surface area (Å²) in [5, 5.41) is 13.0. The van der Waals surface area contributed by atoms with Crippen molar-refractivity contribution in [3.8, 4) is 0 Å². The van der Waals surface area contributed by atoms with Crippen LogP contribution in [0.5, 0.6) is 0 Å². The lowest BCUT2D eigenvalue weighted by Crippen LogP contribution is -2.39. The van der Waals surface area contributed by atoms with Crippen molar-refractivity contribution < 1.29 is 14.4 Å². The molecule has 1 fully saturated rings. The first-order chi connectivity index (χ1) is 7.99. The maximum atomic E-state index is 12.2. The number of aromatic nitrogens is 1. The van der Waals surface area contributed by atoms with Gasteiger partial charge >= 0.3 is 0 Å². The van der Waals surface area contributed by atoms with Crippen LogP contribution in [0.4, 0.5) is 0 Å². The molecular weight excluding hydrogens is 220 g/mol. The standard InChI is InChI=1S/C12H18N2O3/c1-7-11(8(2)17-13-7)12(16)14(3)6-9-4-10(15)5-9/h9-10,15H,4-6H2,1-3H3. The third kappa shape index (κ3) is 2.34. The van der Waals surface area contributed by atoms with E-state index in [1.807, 2.05) is 0 Å². The van der Waals surface area contributed by atoms with Gasteiger partial charge in [0.25, 0.3) is 5.91 Å². The molecule has 0 aromatic carbocycles. The summed E-state index contributed by atoms with van der Waals surface area (Å²) in [5.41, 5.74) is 1.19. The molecule has 0 radical (unpaired) electrons. The minimum atomic E-state index is -0.178. The van der Waals surface area contributed by atoms with Gasteiger partial charge in [0.05, 0.1) is 11.8 Å². The molecule has 5 nitrogen and oxygen atoms in total. The van der Waals surface area contributed by atoms with Gasteiger partial charge in [0, 0.05) is 13.6 Å². The van der Waals surface area contributed by atoms with Gasteiger partial charge in [0.1, 0.15) is 11.3 Å². The summed E-state index contributed by atoms with van der Waals surface area (Å²) in [7, 11) is 1.78. The average Bonchev–Trinajstić information content (AvgIpc) is 2.55. The van der Waals surface area contributed by atoms with Crippen molar-refractivity contribution in [2.45, 2.75) is 32.8 Å². The van der Waals surface area contributed by atoms with Crippen LogP contribution in [0.15, 0.2) is 4.52 Å². The van der Waals surface area contributed by atoms with E-state index in [9.17, 15) is 9.90 Å². The molecule has 2 rings (SSSR count). The number of hydrogen-bond donors (Lipinski definition) is 1.